The van der Waals surface area contributed by atoms with Gasteiger partial charge in [0.2, 0.25) is 0 Å². The zero-order chi connectivity index (χ0) is 16.2. The van der Waals surface area contributed by atoms with E-state index in [0.29, 0.717) is 0 Å². The summed E-state index contributed by atoms with van der Waals surface area (Å²) >= 11 is 0. The molecule has 0 unspecified atom stereocenters. The van der Waals surface area contributed by atoms with Gasteiger partial charge in [0.25, 0.3) is 0 Å². The monoisotopic (exact) mass is 320 g/mol. The van der Waals surface area contributed by atoms with Crippen molar-refractivity contribution >= 4 is 0 Å². The molecule has 3 aromatic rings. The molecule has 0 atom stereocenters. The Hall–Kier alpha value is -2.36. The highest BCUT2D eigenvalue weighted by Gasteiger charge is 2.17. The van der Waals surface area contributed by atoms with Crippen LogP contribution >= 0.6 is 0 Å². The molecule has 1 saturated carbocycles. The Morgan fingerprint density at radius 3 is 1.88 bits per heavy atom. The fourth-order valence-corrected chi connectivity index (χ4v) is 3.83. The molecule has 1 aliphatic rings. The predicted octanol–water partition coefficient (Wildman–Crippen LogP) is 4.22. The van der Waals surface area contributed by atoms with Crippen LogP contribution in [0.1, 0.15) is 54.7 Å². The van der Waals surface area contributed by atoms with Crippen LogP contribution in [0.4, 0.5) is 0 Å². The molecule has 124 valence electrons. The lowest BCUT2D eigenvalue weighted by atomic mass is 9.83. The first-order chi connectivity index (χ1) is 11.9. The third-order valence-corrected chi connectivity index (χ3v) is 5.00. The molecule has 1 fully saturated rings. The van der Waals surface area contributed by atoms with Crippen LogP contribution in [0.15, 0.2) is 55.6 Å². The van der Waals surface area contributed by atoms with Crippen LogP contribution in [0.3, 0.4) is 0 Å². The Labute approximate surface area is 143 Å². The number of benzene rings is 1. The fraction of sp³-hybridized carbons (Fsp3) is 0.400. The number of rotatable bonds is 5. The minimum Gasteiger partial charge on any atom is -0.333 e. The molecule has 4 nitrogen and oxygen atoms in total. The molecule has 0 aliphatic heterocycles. The van der Waals surface area contributed by atoms with Crippen LogP contribution in [0.25, 0.3) is 0 Å². The van der Waals surface area contributed by atoms with Gasteiger partial charge in [0.1, 0.15) is 0 Å². The van der Waals surface area contributed by atoms with Crippen LogP contribution in [0.2, 0.25) is 0 Å². The number of nitrogens with zero attached hydrogens (tertiary/aromatic N) is 4. The molecular weight excluding hydrogens is 296 g/mol. The van der Waals surface area contributed by atoms with E-state index in [1.54, 1.807) is 0 Å². The topological polar surface area (TPSA) is 35.6 Å². The average molecular weight is 320 g/mol. The van der Waals surface area contributed by atoms with Crippen LogP contribution in [0.5, 0.6) is 0 Å². The Morgan fingerprint density at radius 2 is 1.38 bits per heavy atom. The molecule has 0 spiro atoms. The summed E-state index contributed by atoms with van der Waals surface area (Å²) in [6.07, 6.45) is 18.3. The van der Waals surface area contributed by atoms with E-state index in [1.807, 2.05) is 37.4 Å². The summed E-state index contributed by atoms with van der Waals surface area (Å²) in [5.41, 5.74) is 4.25. The maximum atomic E-state index is 4.16. The molecule has 1 aliphatic carbocycles. The van der Waals surface area contributed by atoms with E-state index in [2.05, 4.69) is 37.3 Å². The quantitative estimate of drug-likeness (QED) is 0.705. The standard InChI is InChI=1S/C20H24N4/c1-2-4-19(5-3-1)20-11-17(13-23-8-6-21-15-23)10-18(12-20)14-24-9-7-22-16-24/h6-12,15-16,19H,1-5,13-14H2. The van der Waals surface area contributed by atoms with E-state index in [4.69, 9.17) is 0 Å². The summed E-state index contributed by atoms with van der Waals surface area (Å²) in [6.45, 7) is 1.77. The van der Waals surface area contributed by atoms with Gasteiger partial charge in [-0.3, -0.25) is 0 Å². The third kappa shape index (κ3) is 3.58. The molecule has 0 radical (unpaired) electrons. The lowest BCUT2D eigenvalue weighted by Gasteiger charge is -2.23. The van der Waals surface area contributed by atoms with Crippen LogP contribution in [0, 0.1) is 0 Å². The predicted molar refractivity (Wildman–Crippen MR) is 94.9 cm³/mol. The average Bonchev–Trinajstić information content (AvgIpc) is 3.30. The molecule has 0 saturated heterocycles. The van der Waals surface area contributed by atoms with E-state index in [0.717, 1.165) is 19.0 Å². The lowest BCUT2D eigenvalue weighted by molar-refractivity contribution is 0.443. The highest BCUT2D eigenvalue weighted by molar-refractivity contribution is 5.33. The van der Waals surface area contributed by atoms with Crippen molar-refractivity contribution < 1.29 is 0 Å². The zero-order valence-corrected chi connectivity index (χ0v) is 14.0. The van der Waals surface area contributed by atoms with Crippen molar-refractivity contribution in [1.29, 1.82) is 0 Å². The molecular formula is C20H24N4. The van der Waals surface area contributed by atoms with E-state index in [9.17, 15) is 0 Å². The Morgan fingerprint density at radius 1 is 0.792 bits per heavy atom. The fourth-order valence-electron chi connectivity index (χ4n) is 3.83. The first kappa shape index (κ1) is 15.2. The van der Waals surface area contributed by atoms with Gasteiger partial charge in [-0.2, -0.15) is 0 Å². The first-order valence-electron chi connectivity index (χ1n) is 8.91. The minimum absolute atomic E-state index is 0.725. The first-order valence-corrected chi connectivity index (χ1v) is 8.91. The number of aromatic nitrogens is 4. The highest BCUT2D eigenvalue weighted by atomic mass is 15.0. The summed E-state index contributed by atoms with van der Waals surface area (Å²) in [5.74, 6) is 0.725. The van der Waals surface area contributed by atoms with E-state index in [-0.39, 0.29) is 0 Å². The summed E-state index contributed by atoms with van der Waals surface area (Å²) < 4.78 is 4.28. The number of hydrogen-bond acceptors (Lipinski definition) is 2. The molecule has 4 rings (SSSR count). The minimum atomic E-state index is 0.725. The van der Waals surface area contributed by atoms with Gasteiger partial charge in [-0.15, -0.1) is 0 Å². The Kier molecular flexibility index (Phi) is 4.45. The summed E-state index contributed by atoms with van der Waals surface area (Å²) in [4.78, 5) is 8.33. The molecule has 0 N–H and O–H groups in total. The summed E-state index contributed by atoms with van der Waals surface area (Å²) in [5, 5.41) is 0. The van der Waals surface area contributed by atoms with Gasteiger partial charge < -0.3 is 9.13 Å². The second-order valence-electron chi connectivity index (χ2n) is 6.89. The van der Waals surface area contributed by atoms with Gasteiger partial charge in [0.05, 0.1) is 12.7 Å². The normalized spacial score (nSPS) is 15.7. The van der Waals surface area contributed by atoms with E-state index < -0.39 is 0 Å². The molecule has 2 aromatic heterocycles. The van der Waals surface area contributed by atoms with Crippen molar-refractivity contribution in [1.82, 2.24) is 19.1 Å². The maximum Gasteiger partial charge on any atom is 0.0949 e. The molecule has 24 heavy (non-hydrogen) atoms. The smallest absolute Gasteiger partial charge is 0.0949 e. The molecule has 2 heterocycles. The van der Waals surface area contributed by atoms with Gasteiger partial charge in [-0.25, -0.2) is 9.97 Å². The summed E-state index contributed by atoms with van der Waals surface area (Å²) in [7, 11) is 0. The Balaban J connectivity index is 1.63. The van der Waals surface area contributed by atoms with Crippen LogP contribution in [-0.4, -0.2) is 19.1 Å². The van der Waals surface area contributed by atoms with Crippen molar-refractivity contribution in [3.63, 3.8) is 0 Å². The van der Waals surface area contributed by atoms with Gasteiger partial charge >= 0.3 is 0 Å². The second kappa shape index (κ2) is 7.04. The van der Waals surface area contributed by atoms with Gasteiger partial charge in [0, 0.05) is 37.9 Å². The van der Waals surface area contributed by atoms with Crippen LogP contribution in [-0.2, 0) is 13.1 Å². The zero-order valence-electron chi connectivity index (χ0n) is 14.0. The number of hydrogen-bond donors (Lipinski definition) is 0. The van der Waals surface area contributed by atoms with Crippen molar-refractivity contribution in [3.05, 3.63) is 72.3 Å². The maximum absolute atomic E-state index is 4.16. The van der Waals surface area contributed by atoms with E-state index >= 15 is 0 Å². The van der Waals surface area contributed by atoms with Gasteiger partial charge in [-0.05, 0) is 35.4 Å². The number of imidazole rings is 2. The van der Waals surface area contributed by atoms with Crippen molar-refractivity contribution in [2.45, 2.75) is 51.1 Å². The lowest BCUT2D eigenvalue weighted by Crippen LogP contribution is -2.08. The van der Waals surface area contributed by atoms with Crippen molar-refractivity contribution in [3.8, 4) is 0 Å². The Bertz CT molecular complexity index is 699. The molecule has 0 amide bonds. The van der Waals surface area contributed by atoms with Gasteiger partial charge in [0.15, 0.2) is 0 Å². The highest BCUT2D eigenvalue weighted by Crippen LogP contribution is 2.33. The molecule has 4 heteroatoms. The van der Waals surface area contributed by atoms with Crippen LogP contribution < -0.4 is 0 Å². The molecule has 0 bridgehead atoms. The SMILES string of the molecule is c1cn(Cc2cc(Cn3ccnc3)cc(C3CCCCC3)c2)cn1. The second-order valence-corrected chi connectivity index (χ2v) is 6.89. The summed E-state index contributed by atoms with van der Waals surface area (Å²) in [6, 6.07) is 7.15. The largest absolute Gasteiger partial charge is 0.333 e. The van der Waals surface area contributed by atoms with Crippen molar-refractivity contribution in [2.75, 3.05) is 0 Å². The van der Waals surface area contributed by atoms with Crippen molar-refractivity contribution in [2.24, 2.45) is 0 Å². The molecule has 1 aromatic carbocycles. The van der Waals surface area contributed by atoms with Gasteiger partial charge in [-0.1, -0.05) is 37.5 Å². The third-order valence-electron chi connectivity index (χ3n) is 5.00. The van der Waals surface area contributed by atoms with E-state index in [1.165, 1.54) is 48.8 Å².